The molecule has 0 aromatic heterocycles. The SMILES string of the molecule is CCCCNC(=O)[C@@H](C)N(Cc1ccc(Cl)cc1Cl)C(=O)CSCc1c(Cl)cccc1Cl. The van der Waals surface area contributed by atoms with Gasteiger partial charge in [-0.05, 0) is 48.7 Å². The Morgan fingerprint density at radius 2 is 1.75 bits per heavy atom. The molecule has 0 bridgehead atoms. The lowest BCUT2D eigenvalue weighted by Crippen LogP contribution is -2.48. The van der Waals surface area contributed by atoms with E-state index in [1.54, 1.807) is 43.3 Å². The third-order valence-corrected chi connectivity index (χ3v) is 7.13. The maximum Gasteiger partial charge on any atom is 0.242 e. The third kappa shape index (κ3) is 8.03. The molecule has 0 heterocycles. The Morgan fingerprint density at radius 3 is 2.38 bits per heavy atom. The number of thioether (sulfide) groups is 1. The first-order chi connectivity index (χ1) is 15.2. The minimum atomic E-state index is -0.657. The van der Waals surface area contributed by atoms with Crippen LogP contribution in [0.15, 0.2) is 36.4 Å². The number of nitrogens with one attached hydrogen (secondary N) is 1. The number of halogens is 4. The lowest BCUT2D eigenvalue weighted by atomic mass is 10.1. The van der Waals surface area contributed by atoms with Gasteiger partial charge < -0.3 is 10.2 Å². The van der Waals surface area contributed by atoms with E-state index in [2.05, 4.69) is 12.2 Å². The number of carbonyl (C=O) groups excluding carboxylic acids is 2. The van der Waals surface area contributed by atoms with Gasteiger partial charge in [-0.2, -0.15) is 0 Å². The predicted octanol–water partition coefficient (Wildman–Crippen LogP) is 6.87. The minimum Gasteiger partial charge on any atom is -0.354 e. The van der Waals surface area contributed by atoms with Gasteiger partial charge in [0, 0.05) is 38.9 Å². The van der Waals surface area contributed by atoms with Crippen molar-refractivity contribution in [1.82, 2.24) is 10.2 Å². The molecular weight excluding hydrogens is 510 g/mol. The van der Waals surface area contributed by atoms with E-state index in [0.717, 1.165) is 24.0 Å². The van der Waals surface area contributed by atoms with E-state index in [0.29, 0.717) is 32.4 Å². The van der Waals surface area contributed by atoms with Gasteiger partial charge in [0.1, 0.15) is 6.04 Å². The molecule has 0 unspecified atom stereocenters. The van der Waals surface area contributed by atoms with Crippen LogP contribution in [0.2, 0.25) is 20.1 Å². The van der Waals surface area contributed by atoms with Crippen LogP contribution in [0.5, 0.6) is 0 Å². The van der Waals surface area contributed by atoms with Crippen LogP contribution in [-0.2, 0) is 21.9 Å². The number of amides is 2. The van der Waals surface area contributed by atoms with E-state index in [-0.39, 0.29) is 24.1 Å². The molecule has 0 saturated carbocycles. The fourth-order valence-corrected chi connectivity index (χ4v) is 5.06. The van der Waals surface area contributed by atoms with E-state index >= 15 is 0 Å². The maximum atomic E-state index is 13.2. The zero-order chi connectivity index (χ0) is 23.7. The molecule has 2 amide bonds. The quantitative estimate of drug-likeness (QED) is 0.319. The Labute approximate surface area is 213 Å². The number of carbonyl (C=O) groups is 2. The fraction of sp³-hybridized carbons (Fsp3) is 0.391. The second-order valence-corrected chi connectivity index (χ2v) is 9.91. The summed E-state index contributed by atoms with van der Waals surface area (Å²) in [6.45, 7) is 4.54. The average molecular weight is 536 g/mol. The van der Waals surface area contributed by atoms with Crippen molar-refractivity contribution in [2.45, 2.75) is 45.0 Å². The predicted molar refractivity (Wildman–Crippen MR) is 137 cm³/mol. The Morgan fingerprint density at radius 1 is 1.06 bits per heavy atom. The summed E-state index contributed by atoms with van der Waals surface area (Å²) in [6.07, 6.45) is 1.85. The van der Waals surface area contributed by atoms with Crippen molar-refractivity contribution in [3.8, 4) is 0 Å². The smallest absolute Gasteiger partial charge is 0.242 e. The molecule has 0 spiro atoms. The Balaban J connectivity index is 2.12. The average Bonchev–Trinajstić information content (AvgIpc) is 2.74. The van der Waals surface area contributed by atoms with Crippen LogP contribution in [0.4, 0.5) is 0 Å². The van der Waals surface area contributed by atoms with Crippen LogP contribution < -0.4 is 5.32 Å². The molecule has 9 heteroatoms. The van der Waals surface area contributed by atoms with Gasteiger partial charge in [-0.25, -0.2) is 0 Å². The number of unbranched alkanes of at least 4 members (excludes halogenated alkanes) is 1. The van der Waals surface area contributed by atoms with Gasteiger partial charge in [0.2, 0.25) is 11.8 Å². The molecule has 0 fully saturated rings. The maximum absolute atomic E-state index is 13.2. The van der Waals surface area contributed by atoms with Crippen molar-refractivity contribution < 1.29 is 9.59 Å². The van der Waals surface area contributed by atoms with Crippen LogP contribution in [0, 0.1) is 0 Å². The Hall–Kier alpha value is -1.11. The van der Waals surface area contributed by atoms with Gasteiger partial charge in [-0.3, -0.25) is 9.59 Å². The fourth-order valence-electron chi connectivity index (χ4n) is 2.95. The Bertz CT molecular complexity index is 922. The normalized spacial score (nSPS) is 11.8. The van der Waals surface area contributed by atoms with Crippen molar-refractivity contribution in [2.75, 3.05) is 12.3 Å². The molecule has 0 saturated heterocycles. The largest absolute Gasteiger partial charge is 0.354 e. The van der Waals surface area contributed by atoms with Crippen LogP contribution in [-0.4, -0.2) is 35.1 Å². The number of hydrogen-bond acceptors (Lipinski definition) is 3. The summed E-state index contributed by atoms with van der Waals surface area (Å²) in [5, 5.41) is 4.98. The van der Waals surface area contributed by atoms with Crippen LogP contribution in [0.25, 0.3) is 0 Å². The molecule has 174 valence electrons. The summed E-state index contributed by atoms with van der Waals surface area (Å²) in [7, 11) is 0. The zero-order valence-corrected chi connectivity index (χ0v) is 21.8. The first-order valence-electron chi connectivity index (χ1n) is 10.3. The summed E-state index contributed by atoms with van der Waals surface area (Å²) in [5.41, 5.74) is 1.50. The van der Waals surface area contributed by atoms with Crippen LogP contribution in [0.1, 0.15) is 37.8 Å². The summed E-state index contributed by atoms with van der Waals surface area (Å²) in [5.74, 6) is 0.273. The molecule has 2 aromatic rings. The van der Waals surface area contributed by atoms with E-state index in [1.165, 1.54) is 16.7 Å². The Kier molecular flexibility index (Phi) is 11.5. The van der Waals surface area contributed by atoms with Crippen LogP contribution >= 0.6 is 58.2 Å². The second kappa shape index (κ2) is 13.6. The van der Waals surface area contributed by atoms with Gasteiger partial charge in [-0.1, -0.05) is 71.9 Å². The third-order valence-electron chi connectivity index (χ3n) is 4.89. The van der Waals surface area contributed by atoms with Gasteiger partial charge >= 0.3 is 0 Å². The van der Waals surface area contributed by atoms with Crippen molar-refractivity contribution in [2.24, 2.45) is 0 Å². The molecular formula is C23H26Cl4N2O2S. The molecule has 32 heavy (non-hydrogen) atoms. The minimum absolute atomic E-state index is 0.166. The number of hydrogen-bond donors (Lipinski definition) is 1. The van der Waals surface area contributed by atoms with Gasteiger partial charge in [0.25, 0.3) is 0 Å². The van der Waals surface area contributed by atoms with Crippen LogP contribution in [0.3, 0.4) is 0 Å². The van der Waals surface area contributed by atoms with E-state index < -0.39 is 6.04 Å². The topological polar surface area (TPSA) is 49.4 Å². The summed E-state index contributed by atoms with van der Waals surface area (Å²) in [6, 6.07) is 9.76. The highest BCUT2D eigenvalue weighted by atomic mass is 35.5. The van der Waals surface area contributed by atoms with Crippen molar-refractivity contribution in [3.63, 3.8) is 0 Å². The molecule has 0 aliphatic rings. The highest BCUT2D eigenvalue weighted by Crippen LogP contribution is 2.29. The summed E-state index contributed by atoms with van der Waals surface area (Å²) >= 11 is 26.2. The molecule has 0 aliphatic carbocycles. The summed E-state index contributed by atoms with van der Waals surface area (Å²) < 4.78 is 0. The second-order valence-electron chi connectivity index (χ2n) is 7.27. The highest BCUT2D eigenvalue weighted by molar-refractivity contribution is 7.99. The van der Waals surface area contributed by atoms with E-state index in [4.69, 9.17) is 46.4 Å². The number of nitrogens with zero attached hydrogens (tertiary/aromatic N) is 1. The van der Waals surface area contributed by atoms with Gasteiger partial charge in [0.15, 0.2) is 0 Å². The number of rotatable bonds is 11. The van der Waals surface area contributed by atoms with Crippen molar-refractivity contribution in [1.29, 1.82) is 0 Å². The standard InChI is InChI=1S/C23H26Cl4N2O2S/c1-3-4-10-28-23(31)15(2)29(12-16-8-9-17(24)11-21(16)27)22(30)14-32-13-18-19(25)6-5-7-20(18)26/h5-9,11,15H,3-4,10,12-14H2,1-2H3,(H,28,31)/t15-/m1/s1. The van der Waals surface area contributed by atoms with Crippen molar-refractivity contribution in [3.05, 3.63) is 67.6 Å². The van der Waals surface area contributed by atoms with Gasteiger partial charge in [0.05, 0.1) is 5.75 Å². The van der Waals surface area contributed by atoms with Crippen molar-refractivity contribution >= 4 is 70.0 Å². The molecule has 1 atom stereocenters. The molecule has 0 aliphatic heterocycles. The summed E-state index contributed by atoms with van der Waals surface area (Å²) in [4.78, 5) is 27.4. The number of benzene rings is 2. The monoisotopic (exact) mass is 534 g/mol. The zero-order valence-electron chi connectivity index (χ0n) is 18.0. The molecule has 1 N–H and O–H groups in total. The first-order valence-corrected chi connectivity index (χ1v) is 12.9. The molecule has 2 rings (SSSR count). The molecule has 4 nitrogen and oxygen atoms in total. The first kappa shape index (κ1) is 27.1. The molecule has 2 aromatic carbocycles. The molecule has 0 radical (unpaired) electrons. The lowest BCUT2D eigenvalue weighted by Gasteiger charge is -2.29. The van der Waals surface area contributed by atoms with Gasteiger partial charge in [-0.15, -0.1) is 11.8 Å². The lowest BCUT2D eigenvalue weighted by molar-refractivity contribution is -0.138. The highest BCUT2D eigenvalue weighted by Gasteiger charge is 2.26. The van der Waals surface area contributed by atoms with E-state index in [9.17, 15) is 9.59 Å². The van der Waals surface area contributed by atoms with E-state index in [1.807, 2.05) is 0 Å².